The first kappa shape index (κ1) is 16.7. The van der Waals surface area contributed by atoms with Gasteiger partial charge in [0.1, 0.15) is 0 Å². The molecule has 2 N–H and O–H groups in total. The van der Waals surface area contributed by atoms with Crippen LogP contribution in [0.4, 0.5) is 5.69 Å². The molecule has 0 radical (unpaired) electrons. The summed E-state index contributed by atoms with van der Waals surface area (Å²) >= 11 is 8.76. The summed E-state index contributed by atoms with van der Waals surface area (Å²) in [5.74, 6) is 0. The number of benzene rings is 2. The summed E-state index contributed by atoms with van der Waals surface area (Å²) in [6.07, 6.45) is 3.72. The Morgan fingerprint density at radius 1 is 1.04 bits per heavy atom. The number of hydrogen-bond acceptors (Lipinski definition) is 2. The van der Waals surface area contributed by atoms with E-state index in [1.807, 2.05) is 41.2 Å². The zero-order valence-corrected chi connectivity index (χ0v) is 15.3. The highest BCUT2D eigenvalue weighted by molar-refractivity contribution is 9.10. The van der Waals surface area contributed by atoms with Crippen molar-refractivity contribution in [3.63, 3.8) is 0 Å². The van der Waals surface area contributed by atoms with Gasteiger partial charge in [-0.3, -0.25) is 4.68 Å². The first-order chi connectivity index (χ1) is 11.7. The molecular formula is C18H17BrN4S. The third kappa shape index (κ3) is 4.91. The molecule has 0 saturated carbocycles. The van der Waals surface area contributed by atoms with Gasteiger partial charge in [-0.05, 0) is 35.5 Å². The molecule has 0 fully saturated rings. The van der Waals surface area contributed by atoms with E-state index in [1.54, 1.807) is 6.20 Å². The fourth-order valence-electron chi connectivity index (χ4n) is 2.24. The molecule has 24 heavy (non-hydrogen) atoms. The van der Waals surface area contributed by atoms with Gasteiger partial charge in [-0.15, -0.1) is 0 Å². The Morgan fingerprint density at radius 2 is 1.79 bits per heavy atom. The third-order valence-corrected chi connectivity index (χ3v) is 4.22. The van der Waals surface area contributed by atoms with Crippen molar-refractivity contribution in [3.05, 3.63) is 82.6 Å². The Balaban J connectivity index is 1.51. The number of nitrogens with zero attached hydrogens (tertiary/aromatic N) is 2. The second kappa shape index (κ2) is 8.08. The molecule has 4 nitrogen and oxygen atoms in total. The van der Waals surface area contributed by atoms with Gasteiger partial charge in [-0.1, -0.05) is 58.4 Å². The number of aromatic nitrogens is 2. The lowest BCUT2D eigenvalue weighted by Gasteiger charge is -2.08. The summed E-state index contributed by atoms with van der Waals surface area (Å²) in [5.41, 5.74) is 3.25. The van der Waals surface area contributed by atoms with E-state index in [0.717, 1.165) is 16.7 Å². The van der Waals surface area contributed by atoms with Crippen LogP contribution in [0.1, 0.15) is 11.1 Å². The topological polar surface area (TPSA) is 41.9 Å². The third-order valence-electron chi connectivity index (χ3n) is 3.44. The van der Waals surface area contributed by atoms with Crippen LogP contribution in [0.3, 0.4) is 0 Å². The van der Waals surface area contributed by atoms with Gasteiger partial charge in [0.25, 0.3) is 0 Å². The predicted octanol–water partition coefficient (Wildman–Crippen LogP) is 4.18. The number of anilines is 1. The predicted molar refractivity (Wildman–Crippen MR) is 105 cm³/mol. The molecule has 0 aliphatic heterocycles. The minimum atomic E-state index is 0.585. The van der Waals surface area contributed by atoms with Crippen LogP contribution in [-0.2, 0) is 13.1 Å². The molecule has 1 heterocycles. The van der Waals surface area contributed by atoms with Crippen LogP contribution in [0.5, 0.6) is 0 Å². The molecule has 1 aromatic heterocycles. The maximum Gasteiger partial charge on any atom is 0.171 e. The highest BCUT2D eigenvalue weighted by Gasteiger charge is 2.02. The first-order valence-electron chi connectivity index (χ1n) is 7.55. The Labute approximate surface area is 155 Å². The summed E-state index contributed by atoms with van der Waals surface area (Å²) in [7, 11) is 0. The summed E-state index contributed by atoms with van der Waals surface area (Å²) in [5, 5.41) is 11.3. The lowest BCUT2D eigenvalue weighted by molar-refractivity contribution is 0.687. The first-order valence-corrected chi connectivity index (χ1v) is 8.75. The molecule has 0 aliphatic carbocycles. The van der Waals surface area contributed by atoms with Crippen molar-refractivity contribution in [2.24, 2.45) is 0 Å². The lowest BCUT2D eigenvalue weighted by Crippen LogP contribution is -2.27. The van der Waals surface area contributed by atoms with Crippen LogP contribution >= 0.6 is 28.1 Å². The van der Waals surface area contributed by atoms with E-state index < -0.39 is 0 Å². The Hall–Kier alpha value is -2.18. The fraction of sp³-hybridized carbons (Fsp3) is 0.111. The average molecular weight is 401 g/mol. The number of rotatable bonds is 5. The molecule has 0 spiro atoms. The number of thiocarbonyl (C=S) groups is 1. The van der Waals surface area contributed by atoms with Crippen LogP contribution in [0.15, 0.2) is 71.5 Å². The van der Waals surface area contributed by atoms with E-state index in [-0.39, 0.29) is 0 Å². The normalized spacial score (nSPS) is 10.4. The van der Waals surface area contributed by atoms with Gasteiger partial charge in [0, 0.05) is 17.2 Å². The maximum atomic E-state index is 5.32. The molecule has 0 atom stereocenters. The number of nitrogens with one attached hydrogen (secondary N) is 2. The van der Waals surface area contributed by atoms with Crippen molar-refractivity contribution in [1.82, 2.24) is 15.1 Å². The van der Waals surface area contributed by atoms with Crippen LogP contribution in [0.2, 0.25) is 0 Å². The van der Waals surface area contributed by atoms with Crippen molar-refractivity contribution in [2.75, 3.05) is 5.32 Å². The second-order valence-corrected chi connectivity index (χ2v) is 6.67. The molecule has 3 aromatic rings. The minimum absolute atomic E-state index is 0.585. The largest absolute Gasteiger partial charge is 0.358 e. The Bertz CT molecular complexity index is 799. The van der Waals surface area contributed by atoms with Crippen molar-refractivity contribution in [2.45, 2.75) is 13.1 Å². The summed E-state index contributed by atoms with van der Waals surface area (Å²) in [4.78, 5) is 0. The van der Waals surface area contributed by atoms with E-state index in [2.05, 4.69) is 55.9 Å². The highest BCUT2D eigenvalue weighted by atomic mass is 79.9. The van der Waals surface area contributed by atoms with Gasteiger partial charge in [0.05, 0.1) is 18.4 Å². The number of hydrogen-bond donors (Lipinski definition) is 2. The van der Waals surface area contributed by atoms with Crippen molar-refractivity contribution >= 4 is 38.9 Å². The van der Waals surface area contributed by atoms with Gasteiger partial charge in [-0.2, -0.15) is 5.10 Å². The van der Waals surface area contributed by atoms with Gasteiger partial charge < -0.3 is 10.6 Å². The smallest absolute Gasteiger partial charge is 0.171 e. The standard InChI is InChI=1S/C18H17BrN4S/c19-16-8-6-15(7-9-16)12-23-13-17(11-21-23)22-18(24)20-10-14-4-2-1-3-5-14/h1-9,11,13H,10,12H2,(H2,20,22,24). The maximum absolute atomic E-state index is 5.32. The van der Waals surface area contributed by atoms with Crippen LogP contribution < -0.4 is 10.6 Å². The molecule has 3 rings (SSSR count). The van der Waals surface area contributed by atoms with Crippen molar-refractivity contribution < 1.29 is 0 Å². The molecule has 2 aromatic carbocycles. The zero-order chi connectivity index (χ0) is 16.8. The van der Waals surface area contributed by atoms with E-state index in [4.69, 9.17) is 12.2 Å². The van der Waals surface area contributed by atoms with E-state index in [9.17, 15) is 0 Å². The fourth-order valence-corrected chi connectivity index (χ4v) is 2.70. The molecule has 0 bridgehead atoms. The zero-order valence-electron chi connectivity index (χ0n) is 12.9. The van der Waals surface area contributed by atoms with Crippen LogP contribution in [0, 0.1) is 0 Å². The molecule has 0 aliphatic rings. The summed E-state index contributed by atoms with van der Waals surface area (Å²) in [6, 6.07) is 18.4. The van der Waals surface area contributed by atoms with E-state index in [0.29, 0.717) is 11.7 Å². The molecule has 0 saturated heterocycles. The molecular weight excluding hydrogens is 384 g/mol. The minimum Gasteiger partial charge on any atom is -0.358 e. The van der Waals surface area contributed by atoms with Crippen molar-refractivity contribution in [1.29, 1.82) is 0 Å². The van der Waals surface area contributed by atoms with Gasteiger partial charge >= 0.3 is 0 Å². The van der Waals surface area contributed by atoms with E-state index >= 15 is 0 Å². The molecule has 0 amide bonds. The monoisotopic (exact) mass is 400 g/mol. The average Bonchev–Trinajstić information content (AvgIpc) is 3.03. The molecule has 0 unspecified atom stereocenters. The highest BCUT2D eigenvalue weighted by Crippen LogP contribution is 2.12. The quantitative estimate of drug-likeness (QED) is 0.630. The van der Waals surface area contributed by atoms with Gasteiger partial charge in [0.15, 0.2) is 5.11 Å². The Morgan fingerprint density at radius 3 is 2.54 bits per heavy atom. The van der Waals surface area contributed by atoms with Gasteiger partial charge in [0.2, 0.25) is 0 Å². The van der Waals surface area contributed by atoms with Gasteiger partial charge in [-0.25, -0.2) is 0 Å². The van der Waals surface area contributed by atoms with Crippen LogP contribution in [-0.4, -0.2) is 14.9 Å². The molecule has 122 valence electrons. The molecule has 6 heteroatoms. The van der Waals surface area contributed by atoms with Crippen LogP contribution in [0.25, 0.3) is 0 Å². The SMILES string of the molecule is S=C(NCc1ccccc1)Nc1cnn(Cc2ccc(Br)cc2)c1. The summed E-state index contributed by atoms with van der Waals surface area (Å²) in [6.45, 7) is 1.42. The summed E-state index contributed by atoms with van der Waals surface area (Å²) < 4.78 is 2.95. The van der Waals surface area contributed by atoms with Crippen molar-refractivity contribution in [3.8, 4) is 0 Å². The Kier molecular flexibility index (Phi) is 5.61. The lowest BCUT2D eigenvalue weighted by atomic mass is 10.2. The number of halogens is 1. The second-order valence-electron chi connectivity index (χ2n) is 5.35. The van der Waals surface area contributed by atoms with E-state index in [1.165, 1.54) is 11.1 Å².